The number of halogens is 1. The van der Waals surface area contributed by atoms with Crippen LogP contribution in [0.1, 0.15) is 10.4 Å². The summed E-state index contributed by atoms with van der Waals surface area (Å²) in [4.78, 5) is 9.92. The molecule has 0 saturated carbocycles. The molecule has 0 saturated heterocycles. The summed E-state index contributed by atoms with van der Waals surface area (Å²) in [5.74, 6) is -0.826. The quantitative estimate of drug-likeness (QED) is 0.512. The first-order valence-electron chi connectivity index (χ1n) is 2.27. The van der Waals surface area contributed by atoms with Gasteiger partial charge in [0, 0.05) is 0 Å². The molecule has 4 heteroatoms. The van der Waals surface area contributed by atoms with Gasteiger partial charge in [-0.15, -0.1) is 5.10 Å². The molecule has 0 atom stereocenters. The van der Waals surface area contributed by atoms with Gasteiger partial charge >= 0.3 is 0 Å². The fourth-order valence-electron chi connectivity index (χ4n) is 0.412. The zero-order chi connectivity index (χ0) is 6.69. The highest BCUT2D eigenvalue weighted by Gasteiger charge is 1.97. The first-order chi connectivity index (χ1) is 4.34. The minimum atomic E-state index is -0.826. The van der Waals surface area contributed by atoms with Crippen LogP contribution in [-0.2, 0) is 0 Å². The average Bonchev–Trinajstić information content (AvgIpc) is 1.89. The number of aromatic nitrogens is 2. The van der Waals surface area contributed by atoms with Gasteiger partial charge in [0.25, 0.3) is 0 Å². The van der Waals surface area contributed by atoms with Crippen LogP contribution in [0.4, 0.5) is 4.39 Å². The lowest BCUT2D eigenvalue weighted by Crippen LogP contribution is -1.92. The summed E-state index contributed by atoms with van der Waals surface area (Å²) in [5, 5.41) is 6.21. The number of carbonyl (C=O) groups excluding carboxylic acids is 1. The highest BCUT2D eigenvalue weighted by Crippen LogP contribution is 1.95. The van der Waals surface area contributed by atoms with Crippen molar-refractivity contribution < 1.29 is 9.18 Å². The van der Waals surface area contributed by atoms with E-state index in [0.29, 0.717) is 6.29 Å². The summed E-state index contributed by atoms with van der Waals surface area (Å²) >= 11 is 0. The predicted molar refractivity (Wildman–Crippen MR) is 27.4 cm³/mol. The minimum Gasteiger partial charge on any atom is -0.298 e. The van der Waals surface area contributed by atoms with Gasteiger partial charge in [-0.3, -0.25) is 4.79 Å². The Hall–Kier alpha value is -1.32. The lowest BCUT2D eigenvalue weighted by Gasteiger charge is -1.86. The molecule has 46 valence electrons. The molecule has 0 aliphatic rings. The van der Waals surface area contributed by atoms with Gasteiger partial charge in [-0.25, -0.2) is 0 Å². The van der Waals surface area contributed by atoms with Crippen molar-refractivity contribution in [1.82, 2.24) is 10.2 Å². The van der Waals surface area contributed by atoms with E-state index in [1.807, 2.05) is 0 Å². The molecular formula is C5H3FN2O. The SMILES string of the molecule is O=Cc1ccnnc1F. The first-order valence-corrected chi connectivity index (χ1v) is 2.27. The van der Waals surface area contributed by atoms with Crippen LogP contribution in [0.2, 0.25) is 0 Å². The van der Waals surface area contributed by atoms with Crippen molar-refractivity contribution in [3.8, 4) is 0 Å². The van der Waals surface area contributed by atoms with Gasteiger partial charge in [0.15, 0.2) is 6.29 Å². The molecule has 0 unspecified atom stereocenters. The Labute approximate surface area is 50.5 Å². The fourth-order valence-corrected chi connectivity index (χ4v) is 0.412. The zero-order valence-electron chi connectivity index (χ0n) is 4.41. The van der Waals surface area contributed by atoms with Crippen molar-refractivity contribution in [2.45, 2.75) is 0 Å². The lowest BCUT2D eigenvalue weighted by atomic mass is 10.3. The third-order valence-electron chi connectivity index (χ3n) is 0.831. The fraction of sp³-hybridized carbons (Fsp3) is 0. The van der Waals surface area contributed by atoms with Crippen molar-refractivity contribution in [3.63, 3.8) is 0 Å². The molecule has 1 aromatic rings. The molecule has 9 heavy (non-hydrogen) atoms. The Bertz CT molecular complexity index is 226. The van der Waals surface area contributed by atoms with Crippen molar-refractivity contribution >= 4 is 6.29 Å². The molecule has 0 N–H and O–H groups in total. The van der Waals surface area contributed by atoms with Gasteiger partial charge in [0.2, 0.25) is 5.95 Å². The summed E-state index contributed by atoms with van der Waals surface area (Å²) in [5.41, 5.74) is -0.0648. The molecule has 0 amide bonds. The van der Waals surface area contributed by atoms with E-state index in [0.717, 1.165) is 0 Å². The first kappa shape index (κ1) is 5.81. The van der Waals surface area contributed by atoms with E-state index < -0.39 is 5.95 Å². The lowest BCUT2D eigenvalue weighted by molar-refractivity contribution is 0.111. The number of hydrogen-bond acceptors (Lipinski definition) is 3. The van der Waals surface area contributed by atoms with E-state index in [4.69, 9.17) is 0 Å². The maximum Gasteiger partial charge on any atom is 0.243 e. The Kier molecular flexibility index (Phi) is 1.48. The second-order valence-electron chi connectivity index (χ2n) is 1.40. The molecule has 0 aliphatic heterocycles. The Morgan fingerprint density at radius 3 is 2.89 bits per heavy atom. The van der Waals surface area contributed by atoms with Gasteiger partial charge in [-0.1, -0.05) is 0 Å². The van der Waals surface area contributed by atoms with Crippen LogP contribution in [0.3, 0.4) is 0 Å². The maximum atomic E-state index is 12.2. The average molecular weight is 126 g/mol. The molecule has 0 fully saturated rings. The van der Waals surface area contributed by atoms with Crippen molar-refractivity contribution in [3.05, 3.63) is 23.8 Å². The molecule has 1 heterocycles. The molecule has 3 nitrogen and oxygen atoms in total. The van der Waals surface area contributed by atoms with E-state index in [9.17, 15) is 9.18 Å². The van der Waals surface area contributed by atoms with E-state index in [1.54, 1.807) is 0 Å². The summed E-state index contributed by atoms with van der Waals surface area (Å²) < 4.78 is 12.2. The van der Waals surface area contributed by atoms with Crippen molar-refractivity contribution in [2.24, 2.45) is 0 Å². The van der Waals surface area contributed by atoms with Gasteiger partial charge in [0.1, 0.15) is 0 Å². The van der Waals surface area contributed by atoms with Crippen LogP contribution >= 0.6 is 0 Å². The minimum absolute atomic E-state index is 0.0648. The smallest absolute Gasteiger partial charge is 0.243 e. The third-order valence-corrected chi connectivity index (χ3v) is 0.831. The largest absolute Gasteiger partial charge is 0.298 e. The molecule has 1 aromatic heterocycles. The van der Waals surface area contributed by atoms with Crippen LogP contribution in [0.25, 0.3) is 0 Å². The van der Waals surface area contributed by atoms with Crippen LogP contribution < -0.4 is 0 Å². The van der Waals surface area contributed by atoms with Gasteiger partial charge in [-0.2, -0.15) is 9.49 Å². The molecule has 0 aliphatic carbocycles. The number of rotatable bonds is 1. The van der Waals surface area contributed by atoms with Crippen molar-refractivity contribution in [2.75, 3.05) is 0 Å². The van der Waals surface area contributed by atoms with Crippen LogP contribution in [0, 0.1) is 5.95 Å². The van der Waals surface area contributed by atoms with E-state index >= 15 is 0 Å². The number of hydrogen-bond donors (Lipinski definition) is 0. The highest BCUT2D eigenvalue weighted by molar-refractivity contribution is 5.73. The Morgan fingerprint density at radius 2 is 2.44 bits per heavy atom. The van der Waals surface area contributed by atoms with Gasteiger partial charge in [0.05, 0.1) is 11.8 Å². The molecule has 0 radical (unpaired) electrons. The molecule has 0 bridgehead atoms. The summed E-state index contributed by atoms with van der Waals surface area (Å²) in [6.45, 7) is 0. The maximum absolute atomic E-state index is 12.2. The Morgan fingerprint density at radius 1 is 1.67 bits per heavy atom. The Balaban J connectivity index is 3.15. The topological polar surface area (TPSA) is 42.9 Å². The zero-order valence-corrected chi connectivity index (χ0v) is 4.41. The molecule has 1 rings (SSSR count). The third kappa shape index (κ3) is 1.07. The summed E-state index contributed by atoms with van der Waals surface area (Å²) in [6, 6.07) is 1.26. The van der Waals surface area contributed by atoms with E-state index in [1.165, 1.54) is 12.3 Å². The van der Waals surface area contributed by atoms with Crippen LogP contribution in [-0.4, -0.2) is 16.5 Å². The predicted octanol–water partition coefficient (Wildman–Crippen LogP) is 0.428. The standard InChI is InChI=1S/C5H3FN2O/c6-5-4(3-9)1-2-7-8-5/h1-3H. The highest BCUT2D eigenvalue weighted by atomic mass is 19.1. The van der Waals surface area contributed by atoms with E-state index in [-0.39, 0.29) is 5.56 Å². The van der Waals surface area contributed by atoms with Crippen molar-refractivity contribution in [1.29, 1.82) is 0 Å². The normalized spacial score (nSPS) is 9.00. The number of carbonyl (C=O) groups is 1. The summed E-state index contributed by atoms with van der Waals surface area (Å²) in [7, 11) is 0. The monoisotopic (exact) mass is 126 g/mol. The summed E-state index contributed by atoms with van der Waals surface area (Å²) in [6.07, 6.45) is 1.65. The van der Waals surface area contributed by atoms with Crippen LogP contribution in [0.5, 0.6) is 0 Å². The molecule has 0 aromatic carbocycles. The van der Waals surface area contributed by atoms with Gasteiger partial charge in [-0.05, 0) is 6.07 Å². The second-order valence-corrected chi connectivity index (χ2v) is 1.40. The second kappa shape index (κ2) is 2.30. The van der Waals surface area contributed by atoms with Gasteiger partial charge < -0.3 is 0 Å². The number of nitrogens with zero attached hydrogens (tertiary/aromatic N) is 2. The van der Waals surface area contributed by atoms with Crippen LogP contribution in [0.15, 0.2) is 12.3 Å². The molecular weight excluding hydrogens is 123 g/mol. The molecule has 0 spiro atoms. The van der Waals surface area contributed by atoms with E-state index in [2.05, 4.69) is 10.2 Å². The number of aldehydes is 1.